The number of benzene rings is 1. The molecule has 1 heterocycles. The quantitative estimate of drug-likeness (QED) is 0.824. The van der Waals surface area contributed by atoms with Crippen molar-refractivity contribution in [1.29, 1.82) is 0 Å². The summed E-state index contributed by atoms with van der Waals surface area (Å²) in [5.74, 6) is -0.374. The lowest BCUT2D eigenvalue weighted by molar-refractivity contribution is -0.136. The van der Waals surface area contributed by atoms with Crippen LogP contribution in [0.3, 0.4) is 0 Å². The Morgan fingerprint density at radius 2 is 2.40 bits per heavy atom. The van der Waals surface area contributed by atoms with E-state index in [0.29, 0.717) is 22.4 Å². The first-order valence-corrected chi connectivity index (χ1v) is 4.35. The van der Waals surface area contributed by atoms with Crippen molar-refractivity contribution in [2.24, 2.45) is 0 Å². The van der Waals surface area contributed by atoms with Gasteiger partial charge in [-0.15, -0.1) is 0 Å². The van der Waals surface area contributed by atoms with E-state index in [-0.39, 0.29) is 6.42 Å². The number of carboxylic acid groups (broad SMARTS) is 1. The summed E-state index contributed by atoms with van der Waals surface area (Å²) in [6.07, 6.45) is -0.173. The van der Waals surface area contributed by atoms with E-state index in [1.165, 1.54) is 7.11 Å². The van der Waals surface area contributed by atoms with Crippen molar-refractivity contribution in [3.05, 3.63) is 23.9 Å². The molecule has 0 atom stereocenters. The summed E-state index contributed by atoms with van der Waals surface area (Å²) in [6, 6.07) is 5.22. The van der Waals surface area contributed by atoms with E-state index in [1.807, 2.05) is 0 Å². The van der Waals surface area contributed by atoms with Gasteiger partial charge in [0.25, 0.3) is 0 Å². The first-order chi connectivity index (χ1) is 7.22. The van der Waals surface area contributed by atoms with E-state index in [1.54, 1.807) is 18.2 Å². The number of methoxy groups -OCH3 is 1. The molecule has 5 heteroatoms. The van der Waals surface area contributed by atoms with Gasteiger partial charge >= 0.3 is 5.97 Å². The first-order valence-electron chi connectivity index (χ1n) is 4.35. The molecule has 0 fully saturated rings. The van der Waals surface area contributed by atoms with Crippen molar-refractivity contribution < 1.29 is 19.2 Å². The van der Waals surface area contributed by atoms with Crippen LogP contribution in [-0.2, 0) is 11.2 Å². The molecule has 0 spiro atoms. The van der Waals surface area contributed by atoms with Gasteiger partial charge in [-0.3, -0.25) is 4.79 Å². The lowest BCUT2D eigenvalue weighted by atomic mass is 10.1. The van der Waals surface area contributed by atoms with Gasteiger partial charge in [0, 0.05) is 0 Å². The van der Waals surface area contributed by atoms with Crippen LogP contribution in [0.1, 0.15) is 5.69 Å². The molecule has 78 valence electrons. The SMILES string of the molecule is COc1cccc2onc(CC(=O)O)c12. The van der Waals surface area contributed by atoms with Gasteiger partial charge in [-0.25, -0.2) is 0 Å². The molecule has 0 amide bonds. The second-order valence-corrected chi connectivity index (χ2v) is 3.03. The van der Waals surface area contributed by atoms with Crippen molar-refractivity contribution in [1.82, 2.24) is 5.16 Å². The second-order valence-electron chi connectivity index (χ2n) is 3.03. The minimum atomic E-state index is -0.948. The minimum absolute atomic E-state index is 0.173. The first kappa shape index (κ1) is 9.51. The zero-order valence-electron chi connectivity index (χ0n) is 8.06. The maximum absolute atomic E-state index is 10.6. The topological polar surface area (TPSA) is 72.6 Å². The van der Waals surface area contributed by atoms with Crippen molar-refractivity contribution in [3.63, 3.8) is 0 Å². The van der Waals surface area contributed by atoms with Gasteiger partial charge in [0.1, 0.15) is 11.4 Å². The fourth-order valence-electron chi connectivity index (χ4n) is 1.46. The number of aromatic nitrogens is 1. The van der Waals surface area contributed by atoms with Gasteiger partial charge in [0.05, 0.1) is 18.9 Å². The number of fused-ring (bicyclic) bond motifs is 1. The highest BCUT2D eigenvalue weighted by atomic mass is 16.5. The van der Waals surface area contributed by atoms with Crippen LogP contribution in [-0.4, -0.2) is 23.3 Å². The number of rotatable bonds is 3. The molecule has 15 heavy (non-hydrogen) atoms. The number of ether oxygens (including phenoxy) is 1. The monoisotopic (exact) mass is 207 g/mol. The van der Waals surface area contributed by atoms with E-state index in [4.69, 9.17) is 14.4 Å². The molecule has 0 bridgehead atoms. The van der Waals surface area contributed by atoms with Crippen LogP contribution < -0.4 is 4.74 Å². The van der Waals surface area contributed by atoms with Crippen LogP contribution >= 0.6 is 0 Å². The molecule has 0 aliphatic rings. The highest BCUT2D eigenvalue weighted by molar-refractivity contribution is 5.88. The maximum Gasteiger partial charge on any atom is 0.309 e. The van der Waals surface area contributed by atoms with Gasteiger partial charge in [0.15, 0.2) is 5.58 Å². The Balaban J connectivity index is 2.60. The van der Waals surface area contributed by atoms with Crippen LogP contribution in [0, 0.1) is 0 Å². The number of hydrogen-bond donors (Lipinski definition) is 1. The van der Waals surface area contributed by atoms with E-state index < -0.39 is 5.97 Å². The molecule has 0 aliphatic carbocycles. The minimum Gasteiger partial charge on any atom is -0.496 e. The van der Waals surface area contributed by atoms with Crippen LogP contribution in [0.5, 0.6) is 5.75 Å². The Morgan fingerprint density at radius 1 is 1.60 bits per heavy atom. The third kappa shape index (κ3) is 1.63. The predicted octanol–water partition coefficient (Wildman–Crippen LogP) is 1.46. The number of hydrogen-bond acceptors (Lipinski definition) is 4. The van der Waals surface area contributed by atoms with E-state index in [9.17, 15) is 4.79 Å². The Bertz CT molecular complexity index is 503. The standard InChI is InChI=1S/C10H9NO4/c1-14-7-3-2-4-8-10(7)6(11-15-8)5-9(12)13/h2-4H,5H2,1H3,(H,12,13). The number of carbonyl (C=O) groups is 1. The van der Waals surface area contributed by atoms with Crippen LogP contribution in [0.2, 0.25) is 0 Å². The lowest BCUT2D eigenvalue weighted by Gasteiger charge is -2.00. The molecule has 1 aromatic heterocycles. The summed E-state index contributed by atoms with van der Waals surface area (Å²) in [4.78, 5) is 10.6. The maximum atomic E-state index is 10.6. The summed E-state index contributed by atoms with van der Waals surface area (Å²) in [6.45, 7) is 0. The smallest absolute Gasteiger partial charge is 0.309 e. The zero-order chi connectivity index (χ0) is 10.8. The second kappa shape index (κ2) is 3.61. The molecule has 5 nitrogen and oxygen atoms in total. The average molecular weight is 207 g/mol. The van der Waals surface area contributed by atoms with Gasteiger partial charge in [-0.05, 0) is 12.1 Å². The molecule has 0 saturated carbocycles. The number of aliphatic carboxylic acids is 1. The Kier molecular flexibility index (Phi) is 2.29. The summed E-state index contributed by atoms with van der Waals surface area (Å²) in [5.41, 5.74) is 0.917. The van der Waals surface area contributed by atoms with E-state index in [0.717, 1.165) is 0 Å². The highest BCUT2D eigenvalue weighted by Gasteiger charge is 2.15. The van der Waals surface area contributed by atoms with Crippen molar-refractivity contribution in [3.8, 4) is 5.75 Å². The molecule has 0 saturated heterocycles. The van der Waals surface area contributed by atoms with Gasteiger partial charge < -0.3 is 14.4 Å². The third-order valence-electron chi connectivity index (χ3n) is 2.07. The molecular formula is C10H9NO4. The lowest BCUT2D eigenvalue weighted by Crippen LogP contribution is -2.00. The molecule has 0 aliphatic heterocycles. The number of nitrogens with zero attached hydrogens (tertiary/aromatic N) is 1. The van der Waals surface area contributed by atoms with Crippen molar-refractivity contribution in [2.45, 2.75) is 6.42 Å². The molecule has 2 aromatic rings. The Labute approximate surface area is 85.2 Å². The molecule has 0 unspecified atom stereocenters. The molecule has 1 aromatic carbocycles. The van der Waals surface area contributed by atoms with Crippen LogP contribution in [0.4, 0.5) is 0 Å². The van der Waals surface area contributed by atoms with Crippen molar-refractivity contribution in [2.75, 3.05) is 7.11 Å². The van der Waals surface area contributed by atoms with Gasteiger partial charge in [-0.1, -0.05) is 11.2 Å². The van der Waals surface area contributed by atoms with E-state index in [2.05, 4.69) is 5.16 Å². The number of carboxylic acids is 1. The zero-order valence-corrected chi connectivity index (χ0v) is 8.06. The fourth-order valence-corrected chi connectivity index (χ4v) is 1.46. The summed E-state index contributed by atoms with van der Waals surface area (Å²) >= 11 is 0. The molecule has 2 rings (SSSR count). The normalized spacial score (nSPS) is 10.5. The summed E-state index contributed by atoms with van der Waals surface area (Å²) < 4.78 is 10.1. The molecular weight excluding hydrogens is 198 g/mol. The predicted molar refractivity (Wildman–Crippen MR) is 51.9 cm³/mol. The van der Waals surface area contributed by atoms with Crippen LogP contribution in [0.15, 0.2) is 22.7 Å². The largest absolute Gasteiger partial charge is 0.496 e. The summed E-state index contributed by atoms with van der Waals surface area (Å²) in [5, 5.41) is 13.0. The summed E-state index contributed by atoms with van der Waals surface area (Å²) in [7, 11) is 1.52. The fraction of sp³-hybridized carbons (Fsp3) is 0.200. The molecule has 1 N–H and O–H groups in total. The highest BCUT2D eigenvalue weighted by Crippen LogP contribution is 2.28. The Hall–Kier alpha value is -2.04. The third-order valence-corrected chi connectivity index (χ3v) is 2.07. The Morgan fingerprint density at radius 3 is 3.07 bits per heavy atom. The molecule has 0 radical (unpaired) electrons. The van der Waals surface area contributed by atoms with Crippen LogP contribution in [0.25, 0.3) is 11.0 Å². The van der Waals surface area contributed by atoms with E-state index >= 15 is 0 Å². The average Bonchev–Trinajstić information content (AvgIpc) is 2.61. The van der Waals surface area contributed by atoms with Gasteiger partial charge in [0.2, 0.25) is 0 Å². The van der Waals surface area contributed by atoms with Gasteiger partial charge in [-0.2, -0.15) is 0 Å². The van der Waals surface area contributed by atoms with Crippen molar-refractivity contribution >= 4 is 16.9 Å².